The van der Waals surface area contributed by atoms with Crippen molar-refractivity contribution in [1.82, 2.24) is 14.6 Å². The molecule has 112 valence electrons. The first-order valence-electron chi connectivity index (χ1n) is 6.81. The summed E-state index contributed by atoms with van der Waals surface area (Å²) in [5.74, 6) is 0.224. The highest BCUT2D eigenvalue weighted by Gasteiger charge is 2.10. The lowest BCUT2D eigenvalue weighted by molar-refractivity contribution is 0.0600. The van der Waals surface area contributed by atoms with E-state index in [1.165, 1.54) is 7.11 Å². The number of carbonyl (C=O) groups excluding carboxylic acids is 1. The Bertz CT molecular complexity index is 822. The number of hydrogen-bond acceptors (Lipinski definition) is 5. The van der Waals surface area contributed by atoms with E-state index in [0.29, 0.717) is 17.0 Å². The zero-order valence-electron chi connectivity index (χ0n) is 12.6. The van der Waals surface area contributed by atoms with Gasteiger partial charge in [-0.15, -0.1) is 5.10 Å². The molecular weight excluding hydrogens is 280 g/mol. The van der Waals surface area contributed by atoms with Crippen LogP contribution in [0.1, 0.15) is 10.4 Å². The number of hydrogen-bond donors (Lipinski definition) is 0. The molecule has 22 heavy (non-hydrogen) atoms. The summed E-state index contributed by atoms with van der Waals surface area (Å²) in [5, 5.41) is 4.42. The molecule has 2 heterocycles. The van der Waals surface area contributed by atoms with Gasteiger partial charge in [0.05, 0.1) is 12.7 Å². The Morgan fingerprint density at radius 2 is 1.86 bits per heavy atom. The summed E-state index contributed by atoms with van der Waals surface area (Å²) < 4.78 is 6.29. The number of esters is 1. The Hall–Kier alpha value is -2.89. The molecule has 2 aromatic heterocycles. The van der Waals surface area contributed by atoms with Crippen LogP contribution >= 0.6 is 0 Å². The summed E-state index contributed by atoms with van der Waals surface area (Å²) in [4.78, 5) is 18.0. The maximum absolute atomic E-state index is 11.5. The maximum atomic E-state index is 11.5. The van der Waals surface area contributed by atoms with Crippen LogP contribution in [0.25, 0.3) is 17.0 Å². The molecule has 0 atom stereocenters. The molecular formula is C16H16N4O2. The van der Waals surface area contributed by atoms with Gasteiger partial charge >= 0.3 is 5.97 Å². The van der Waals surface area contributed by atoms with Crippen LogP contribution in [0.4, 0.5) is 5.69 Å². The lowest BCUT2D eigenvalue weighted by Crippen LogP contribution is -2.07. The smallest absolute Gasteiger partial charge is 0.339 e. The van der Waals surface area contributed by atoms with Crippen molar-refractivity contribution in [3.8, 4) is 11.4 Å². The van der Waals surface area contributed by atoms with Crippen LogP contribution in [0, 0.1) is 0 Å². The molecule has 6 heteroatoms. The van der Waals surface area contributed by atoms with Crippen molar-refractivity contribution in [2.45, 2.75) is 0 Å². The van der Waals surface area contributed by atoms with Gasteiger partial charge in [0, 0.05) is 31.5 Å². The molecule has 3 rings (SSSR count). The molecule has 0 spiro atoms. The minimum absolute atomic E-state index is 0.394. The molecule has 6 nitrogen and oxygen atoms in total. The van der Waals surface area contributed by atoms with Crippen molar-refractivity contribution in [2.24, 2.45) is 0 Å². The maximum Gasteiger partial charge on any atom is 0.339 e. The molecule has 0 unspecified atom stereocenters. The molecule has 0 fully saturated rings. The second kappa shape index (κ2) is 5.48. The van der Waals surface area contributed by atoms with E-state index >= 15 is 0 Å². The van der Waals surface area contributed by atoms with E-state index < -0.39 is 5.97 Å². The number of carbonyl (C=O) groups is 1. The zero-order valence-corrected chi connectivity index (χ0v) is 12.6. The largest absolute Gasteiger partial charge is 0.465 e. The van der Waals surface area contributed by atoms with Crippen LogP contribution in [0.15, 0.2) is 42.6 Å². The first-order valence-corrected chi connectivity index (χ1v) is 6.81. The van der Waals surface area contributed by atoms with Crippen molar-refractivity contribution in [1.29, 1.82) is 0 Å². The predicted molar refractivity (Wildman–Crippen MR) is 84.1 cm³/mol. The fraction of sp³-hybridized carbons (Fsp3) is 0.188. The summed E-state index contributed by atoms with van der Waals surface area (Å²) in [6.45, 7) is 0. The van der Waals surface area contributed by atoms with Gasteiger partial charge in [0.2, 0.25) is 0 Å². The highest BCUT2D eigenvalue weighted by molar-refractivity contribution is 5.89. The molecule has 0 saturated carbocycles. The van der Waals surface area contributed by atoms with Crippen LogP contribution < -0.4 is 4.90 Å². The molecule has 0 radical (unpaired) electrons. The van der Waals surface area contributed by atoms with E-state index in [1.54, 1.807) is 22.8 Å². The van der Waals surface area contributed by atoms with Gasteiger partial charge in [0.15, 0.2) is 11.5 Å². The van der Waals surface area contributed by atoms with Gasteiger partial charge in [-0.05, 0) is 36.4 Å². The standard InChI is InChI=1S/C16H16N4O2/c1-19(2)13-7-4-11(5-8-13)15-17-14-9-6-12(16(21)22-3)10-20(14)18-15/h4-10H,1-3H3. The Labute approximate surface area is 128 Å². The number of benzene rings is 1. The van der Waals surface area contributed by atoms with Crippen molar-refractivity contribution in [3.63, 3.8) is 0 Å². The minimum Gasteiger partial charge on any atom is -0.465 e. The topological polar surface area (TPSA) is 59.7 Å². The Kier molecular flexibility index (Phi) is 3.50. The first-order chi connectivity index (χ1) is 10.6. The van der Waals surface area contributed by atoms with Gasteiger partial charge < -0.3 is 9.64 Å². The highest BCUT2D eigenvalue weighted by atomic mass is 16.5. The summed E-state index contributed by atoms with van der Waals surface area (Å²) >= 11 is 0. The monoisotopic (exact) mass is 296 g/mol. The Morgan fingerprint density at radius 3 is 2.50 bits per heavy atom. The molecule has 0 bridgehead atoms. The summed E-state index contributed by atoms with van der Waals surface area (Å²) in [6.07, 6.45) is 1.62. The molecule has 0 aliphatic rings. The normalized spacial score (nSPS) is 10.7. The molecule has 0 amide bonds. The third kappa shape index (κ3) is 2.50. The highest BCUT2D eigenvalue weighted by Crippen LogP contribution is 2.20. The van der Waals surface area contributed by atoms with Crippen molar-refractivity contribution in [2.75, 3.05) is 26.1 Å². The van der Waals surface area contributed by atoms with Crippen LogP contribution in [-0.2, 0) is 4.74 Å². The summed E-state index contributed by atoms with van der Waals surface area (Å²) in [6, 6.07) is 11.4. The lowest BCUT2D eigenvalue weighted by atomic mass is 10.2. The van der Waals surface area contributed by atoms with Gasteiger partial charge in [-0.2, -0.15) is 0 Å². The van der Waals surface area contributed by atoms with E-state index in [-0.39, 0.29) is 0 Å². The van der Waals surface area contributed by atoms with Gasteiger partial charge in [-0.25, -0.2) is 14.3 Å². The third-order valence-electron chi connectivity index (χ3n) is 3.39. The second-order valence-electron chi connectivity index (χ2n) is 5.09. The lowest BCUT2D eigenvalue weighted by Gasteiger charge is -2.11. The van der Waals surface area contributed by atoms with Gasteiger partial charge in [-0.1, -0.05) is 0 Å². The quantitative estimate of drug-likeness (QED) is 0.694. The number of ether oxygens (including phenoxy) is 1. The van der Waals surface area contributed by atoms with E-state index in [9.17, 15) is 4.79 Å². The Balaban J connectivity index is 1.99. The summed E-state index contributed by atoms with van der Waals surface area (Å²) in [5.41, 5.74) is 3.16. The Morgan fingerprint density at radius 1 is 1.14 bits per heavy atom. The number of fused-ring (bicyclic) bond motifs is 1. The molecule has 0 aliphatic heterocycles. The number of anilines is 1. The van der Waals surface area contributed by atoms with E-state index in [2.05, 4.69) is 10.1 Å². The fourth-order valence-electron chi connectivity index (χ4n) is 2.15. The zero-order chi connectivity index (χ0) is 15.7. The van der Waals surface area contributed by atoms with Gasteiger partial charge in [0.1, 0.15) is 0 Å². The van der Waals surface area contributed by atoms with E-state index in [1.807, 2.05) is 43.3 Å². The SMILES string of the molecule is COC(=O)c1ccc2nc(-c3ccc(N(C)C)cc3)nn2c1. The van der Waals surface area contributed by atoms with Crippen LogP contribution in [-0.4, -0.2) is 41.8 Å². The number of pyridine rings is 1. The molecule has 3 aromatic rings. The number of aromatic nitrogens is 3. The van der Waals surface area contributed by atoms with Gasteiger partial charge in [-0.3, -0.25) is 0 Å². The second-order valence-corrected chi connectivity index (χ2v) is 5.09. The number of methoxy groups -OCH3 is 1. The molecule has 0 aliphatic carbocycles. The third-order valence-corrected chi connectivity index (χ3v) is 3.39. The van der Waals surface area contributed by atoms with Crippen molar-refractivity contribution in [3.05, 3.63) is 48.2 Å². The van der Waals surface area contributed by atoms with Crippen LogP contribution in [0.3, 0.4) is 0 Å². The number of rotatable bonds is 3. The number of nitrogens with zero attached hydrogens (tertiary/aromatic N) is 4. The molecule has 1 aromatic carbocycles. The minimum atomic E-state index is -0.394. The molecule has 0 saturated heterocycles. The fourth-order valence-corrected chi connectivity index (χ4v) is 2.15. The molecule has 0 N–H and O–H groups in total. The van der Waals surface area contributed by atoms with Crippen molar-refractivity contribution < 1.29 is 9.53 Å². The van der Waals surface area contributed by atoms with Crippen molar-refractivity contribution >= 4 is 17.3 Å². The van der Waals surface area contributed by atoms with E-state index in [0.717, 1.165) is 11.3 Å². The van der Waals surface area contributed by atoms with Crippen LogP contribution in [0.2, 0.25) is 0 Å². The predicted octanol–water partition coefficient (Wildman–Crippen LogP) is 2.25. The van der Waals surface area contributed by atoms with Gasteiger partial charge in [0.25, 0.3) is 0 Å². The summed E-state index contributed by atoms with van der Waals surface area (Å²) in [7, 11) is 5.34. The average molecular weight is 296 g/mol. The van der Waals surface area contributed by atoms with Crippen LogP contribution in [0.5, 0.6) is 0 Å². The first kappa shape index (κ1) is 14.1. The van der Waals surface area contributed by atoms with E-state index in [4.69, 9.17) is 4.74 Å². The average Bonchev–Trinajstić information content (AvgIpc) is 2.97.